The number of hydrogen-bond donors (Lipinski definition) is 1. The molecule has 0 unspecified atom stereocenters. The van der Waals surface area contributed by atoms with Crippen LogP contribution in [0.3, 0.4) is 0 Å². The molecule has 1 fully saturated rings. The van der Waals surface area contributed by atoms with Gasteiger partial charge in [-0.25, -0.2) is 24.8 Å². The SMILES string of the molecule is CCOC(=O)c1cnc(N2CCC(n3ncc(COc4ccc(N5CN=NN5)nc4)n3)CC2)nc1. The van der Waals surface area contributed by atoms with Crippen molar-refractivity contribution >= 4 is 17.7 Å². The van der Waals surface area contributed by atoms with Crippen molar-refractivity contribution in [2.75, 3.05) is 36.3 Å². The van der Waals surface area contributed by atoms with E-state index in [-0.39, 0.29) is 6.04 Å². The van der Waals surface area contributed by atoms with Crippen LogP contribution in [0.2, 0.25) is 0 Å². The zero-order valence-corrected chi connectivity index (χ0v) is 19.2. The van der Waals surface area contributed by atoms with Gasteiger partial charge in [0.05, 0.1) is 30.6 Å². The number of carbonyl (C=O) groups excluding carboxylic acids is 1. The lowest BCUT2D eigenvalue weighted by atomic mass is 10.1. The van der Waals surface area contributed by atoms with Gasteiger partial charge in [-0.15, -0.1) is 5.11 Å². The number of ether oxygens (including phenoxy) is 2. The van der Waals surface area contributed by atoms with Crippen LogP contribution in [-0.2, 0) is 11.3 Å². The van der Waals surface area contributed by atoms with Gasteiger partial charge >= 0.3 is 5.97 Å². The second-order valence-corrected chi connectivity index (χ2v) is 7.92. The van der Waals surface area contributed by atoms with Crippen molar-refractivity contribution in [2.45, 2.75) is 32.4 Å². The van der Waals surface area contributed by atoms with Crippen molar-refractivity contribution < 1.29 is 14.3 Å². The predicted octanol–water partition coefficient (Wildman–Crippen LogP) is 1.71. The highest BCUT2D eigenvalue weighted by Gasteiger charge is 2.24. The first-order valence-corrected chi connectivity index (χ1v) is 11.3. The van der Waals surface area contributed by atoms with Gasteiger partial charge in [-0.05, 0) is 31.9 Å². The number of aromatic nitrogens is 6. The highest BCUT2D eigenvalue weighted by atomic mass is 16.5. The Hall–Kier alpha value is -4.36. The van der Waals surface area contributed by atoms with Gasteiger partial charge in [0, 0.05) is 25.5 Å². The monoisotopic (exact) mass is 479 g/mol. The summed E-state index contributed by atoms with van der Waals surface area (Å²) in [4.78, 5) is 28.6. The fraction of sp³-hybridized carbons (Fsp3) is 0.429. The standard InChI is InChI=1S/C21H25N11O3/c1-2-34-20(33)15-9-23-21(24-10-15)30-7-5-17(6-8-30)32-26-11-16(27-32)13-35-18-3-4-19(22-12-18)31-14-25-28-29-31/h3-4,9-12,17H,2,5-8,13-14H2,1H3,(H,25,29). The first-order chi connectivity index (χ1) is 17.2. The molecular weight excluding hydrogens is 454 g/mol. The molecule has 5 rings (SSSR count). The molecule has 3 aromatic heterocycles. The van der Waals surface area contributed by atoms with E-state index in [2.05, 4.69) is 45.9 Å². The summed E-state index contributed by atoms with van der Waals surface area (Å²) in [5.41, 5.74) is 3.84. The van der Waals surface area contributed by atoms with Crippen molar-refractivity contribution in [3.63, 3.8) is 0 Å². The molecule has 0 aromatic carbocycles. The molecule has 1 saturated heterocycles. The highest BCUT2D eigenvalue weighted by Crippen LogP contribution is 2.24. The summed E-state index contributed by atoms with van der Waals surface area (Å²) in [7, 11) is 0. The molecule has 2 aliphatic heterocycles. The molecule has 14 heteroatoms. The van der Waals surface area contributed by atoms with Crippen molar-refractivity contribution in [3.8, 4) is 5.75 Å². The van der Waals surface area contributed by atoms with Gasteiger partial charge in [0.15, 0.2) is 12.5 Å². The van der Waals surface area contributed by atoms with E-state index in [4.69, 9.17) is 9.47 Å². The van der Waals surface area contributed by atoms with Gasteiger partial charge in [0.2, 0.25) is 5.95 Å². The Morgan fingerprint density at radius 1 is 1.11 bits per heavy atom. The van der Waals surface area contributed by atoms with Crippen LogP contribution in [0.15, 0.2) is 47.3 Å². The third kappa shape index (κ3) is 5.26. The van der Waals surface area contributed by atoms with Crippen molar-refractivity contribution in [1.82, 2.24) is 35.5 Å². The molecule has 0 spiro atoms. The van der Waals surface area contributed by atoms with E-state index >= 15 is 0 Å². The van der Waals surface area contributed by atoms with Crippen molar-refractivity contribution in [3.05, 3.63) is 48.2 Å². The fourth-order valence-corrected chi connectivity index (χ4v) is 3.76. The molecule has 0 aliphatic carbocycles. The zero-order chi connectivity index (χ0) is 24.0. The van der Waals surface area contributed by atoms with E-state index in [9.17, 15) is 4.79 Å². The first-order valence-electron chi connectivity index (χ1n) is 11.3. The van der Waals surface area contributed by atoms with Gasteiger partial charge in [-0.3, -0.25) is 0 Å². The fourth-order valence-electron chi connectivity index (χ4n) is 3.76. The first kappa shape index (κ1) is 22.4. The van der Waals surface area contributed by atoms with E-state index in [1.807, 2.05) is 12.1 Å². The quantitative estimate of drug-likeness (QED) is 0.471. The second kappa shape index (κ2) is 10.3. The Morgan fingerprint density at radius 3 is 2.63 bits per heavy atom. The number of esters is 1. The van der Waals surface area contributed by atoms with Crippen LogP contribution < -0.4 is 20.2 Å². The summed E-state index contributed by atoms with van der Waals surface area (Å²) in [6, 6.07) is 3.85. The normalized spacial score (nSPS) is 15.8. The topological polar surface area (TPSA) is 148 Å². The Labute approximate surface area is 200 Å². The molecule has 3 aromatic rings. The van der Waals surface area contributed by atoms with E-state index in [1.54, 1.807) is 29.1 Å². The predicted molar refractivity (Wildman–Crippen MR) is 122 cm³/mol. The average molecular weight is 480 g/mol. The number of nitrogens with one attached hydrogen (secondary N) is 1. The molecule has 0 atom stereocenters. The minimum Gasteiger partial charge on any atom is -0.486 e. The minimum absolute atomic E-state index is 0.184. The zero-order valence-electron chi connectivity index (χ0n) is 19.2. The molecule has 0 saturated carbocycles. The summed E-state index contributed by atoms with van der Waals surface area (Å²) < 4.78 is 10.8. The molecular formula is C21H25N11O3. The lowest BCUT2D eigenvalue weighted by Gasteiger charge is -2.31. The molecule has 182 valence electrons. The summed E-state index contributed by atoms with van der Waals surface area (Å²) >= 11 is 0. The van der Waals surface area contributed by atoms with Gasteiger partial charge in [-0.2, -0.15) is 20.5 Å². The van der Waals surface area contributed by atoms with Crippen LogP contribution in [0.1, 0.15) is 41.9 Å². The number of piperidine rings is 1. The number of carbonyl (C=O) groups is 1. The summed E-state index contributed by atoms with van der Waals surface area (Å²) in [5, 5.41) is 18.3. The third-order valence-corrected chi connectivity index (χ3v) is 5.60. The third-order valence-electron chi connectivity index (χ3n) is 5.60. The Balaban J connectivity index is 1.10. The number of pyridine rings is 1. The van der Waals surface area contributed by atoms with Crippen LogP contribution in [-0.4, -0.2) is 62.3 Å². The summed E-state index contributed by atoms with van der Waals surface area (Å²) in [6.07, 6.45) is 8.09. The molecule has 0 amide bonds. The number of rotatable bonds is 8. The van der Waals surface area contributed by atoms with Gasteiger partial charge in [-0.1, -0.05) is 5.22 Å². The number of hydrogen-bond acceptors (Lipinski definition) is 13. The minimum atomic E-state index is -0.414. The number of anilines is 2. The lowest BCUT2D eigenvalue weighted by molar-refractivity contribution is 0.0525. The molecule has 5 heterocycles. The molecule has 35 heavy (non-hydrogen) atoms. The maximum atomic E-state index is 11.8. The van der Waals surface area contributed by atoms with Crippen LogP contribution in [0.4, 0.5) is 11.8 Å². The molecule has 1 N–H and O–H groups in total. The maximum Gasteiger partial charge on any atom is 0.341 e. The van der Waals surface area contributed by atoms with Crippen LogP contribution in [0, 0.1) is 0 Å². The van der Waals surface area contributed by atoms with Gasteiger partial charge in [0.1, 0.15) is 18.1 Å². The number of nitrogens with zero attached hydrogens (tertiary/aromatic N) is 10. The maximum absolute atomic E-state index is 11.8. The van der Waals surface area contributed by atoms with E-state index in [0.717, 1.165) is 31.6 Å². The Morgan fingerprint density at radius 2 is 1.94 bits per heavy atom. The van der Waals surface area contributed by atoms with Gasteiger partial charge in [0.25, 0.3) is 0 Å². The average Bonchev–Trinajstić information content (AvgIpc) is 3.61. The van der Waals surface area contributed by atoms with E-state index in [0.29, 0.717) is 43.0 Å². The molecule has 14 nitrogen and oxygen atoms in total. The summed E-state index contributed by atoms with van der Waals surface area (Å²) in [5.74, 6) is 1.53. The van der Waals surface area contributed by atoms with Crippen LogP contribution in [0.5, 0.6) is 5.75 Å². The largest absolute Gasteiger partial charge is 0.486 e. The Kier molecular flexibility index (Phi) is 6.59. The second-order valence-electron chi connectivity index (χ2n) is 7.92. The number of hydrazine groups is 1. The lowest BCUT2D eigenvalue weighted by Crippen LogP contribution is -2.36. The van der Waals surface area contributed by atoms with Crippen molar-refractivity contribution in [1.29, 1.82) is 0 Å². The van der Waals surface area contributed by atoms with Crippen LogP contribution >= 0.6 is 0 Å². The Bertz CT molecular complexity index is 1150. The summed E-state index contributed by atoms with van der Waals surface area (Å²) in [6.45, 7) is 4.33. The van der Waals surface area contributed by atoms with E-state index in [1.165, 1.54) is 12.4 Å². The highest BCUT2D eigenvalue weighted by molar-refractivity contribution is 5.88. The molecule has 0 radical (unpaired) electrons. The van der Waals surface area contributed by atoms with Crippen molar-refractivity contribution in [2.24, 2.45) is 10.3 Å². The molecule has 2 aliphatic rings. The molecule has 0 bridgehead atoms. The van der Waals surface area contributed by atoms with Gasteiger partial charge < -0.3 is 14.4 Å². The van der Waals surface area contributed by atoms with E-state index < -0.39 is 5.97 Å². The smallest absolute Gasteiger partial charge is 0.341 e. The van der Waals surface area contributed by atoms with Crippen LogP contribution in [0.25, 0.3) is 0 Å².